The molecule has 3 rings (SSSR count). The number of aryl methyl sites for hydroxylation is 1. The second-order valence-corrected chi connectivity index (χ2v) is 6.66. The van der Waals surface area contributed by atoms with Gasteiger partial charge in [-0.25, -0.2) is 9.78 Å². The lowest BCUT2D eigenvalue weighted by Crippen LogP contribution is -2.41. The number of benzene rings is 1. The number of carbonyl (C=O) groups is 2. The minimum atomic E-state index is -0.543. The Kier molecular flexibility index (Phi) is 4.84. The number of amides is 3. The van der Waals surface area contributed by atoms with Crippen LogP contribution >= 0.6 is 11.8 Å². The molecule has 25 heavy (non-hydrogen) atoms. The summed E-state index contributed by atoms with van der Waals surface area (Å²) in [5.74, 6) is -0.413. The number of carbonyl (C=O) groups excluding carboxylic acids is 2. The van der Waals surface area contributed by atoms with Gasteiger partial charge in [-0.3, -0.25) is 10.1 Å². The van der Waals surface area contributed by atoms with Crippen molar-refractivity contribution in [3.05, 3.63) is 24.3 Å². The summed E-state index contributed by atoms with van der Waals surface area (Å²) in [7, 11) is 1.45. The van der Waals surface area contributed by atoms with Gasteiger partial charge in [-0.05, 0) is 19.9 Å². The van der Waals surface area contributed by atoms with Crippen molar-refractivity contribution < 1.29 is 9.59 Å². The van der Waals surface area contributed by atoms with Gasteiger partial charge in [0.25, 0.3) is 0 Å². The van der Waals surface area contributed by atoms with Gasteiger partial charge in [-0.2, -0.15) is 0 Å². The van der Waals surface area contributed by atoms with E-state index in [0.717, 1.165) is 40.4 Å². The predicted molar refractivity (Wildman–Crippen MR) is 96.4 cm³/mol. The van der Waals surface area contributed by atoms with Gasteiger partial charge in [0, 0.05) is 19.0 Å². The number of hydrogen-bond acceptors (Lipinski definition) is 6. The van der Waals surface area contributed by atoms with Gasteiger partial charge in [0.05, 0.1) is 10.8 Å². The van der Waals surface area contributed by atoms with E-state index >= 15 is 0 Å². The van der Waals surface area contributed by atoms with E-state index in [1.54, 1.807) is 6.92 Å². The topological polar surface area (TPSA) is 102 Å². The monoisotopic (exact) mass is 358 g/mol. The van der Waals surface area contributed by atoms with E-state index in [0.29, 0.717) is 5.16 Å². The van der Waals surface area contributed by atoms with E-state index in [1.807, 2.05) is 31.2 Å². The summed E-state index contributed by atoms with van der Waals surface area (Å²) in [6.07, 6.45) is 0. The van der Waals surface area contributed by atoms with Crippen molar-refractivity contribution in [2.45, 2.75) is 30.8 Å². The van der Waals surface area contributed by atoms with Crippen LogP contribution in [-0.4, -0.2) is 44.0 Å². The lowest BCUT2D eigenvalue weighted by Gasteiger charge is -2.09. The molecule has 0 saturated carbocycles. The van der Waals surface area contributed by atoms with Gasteiger partial charge in [-0.15, -0.1) is 10.2 Å². The third-order valence-electron chi connectivity index (χ3n) is 3.79. The molecule has 1 aromatic carbocycles. The summed E-state index contributed by atoms with van der Waals surface area (Å²) in [4.78, 5) is 27.8. The summed E-state index contributed by atoms with van der Waals surface area (Å²) in [5.41, 5.74) is 2.53. The minimum Gasteiger partial charge on any atom is -0.341 e. The molecule has 3 amide bonds. The third kappa shape index (κ3) is 3.27. The maximum atomic E-state index is 12.0. The fraction of sp³-hybridized carbons (Fsp3) is 0.312. The van der Waals surface area contributed by atoms with Crippen LogP contribution in [0.2, 0.25) is 0 Å². The molecule has 2 heterocycles. The Morgan fingerprint density at radius 3 is 2.76 bits per heavy atom. The zero-order valence-corrected chi connectivity index (χ0v) is 14.9. The molecule has 0 saturated heterocycles. The standard InChI is InChI=1S/C16H18N6O2S/c1-4-22-11-8-6-5-7-10(11)12-13(22)18-16(21-20-12)25-9(2)14(23)19-15(24)17-3/h5-9H,4H2,1-3H3,(H2,17,19,23,24)/t9-/m0/s1. The quantitative estimate of drug-likeness (QED) is 0.691. The first kappa shape index (κ1) is 17.2. The Morgan fingerprint density at radius 2 is 2.04 bits per heavy atom. The first-order valence-electron chi connectivity index (χ1n) is 7.86. The summed E-state index contributed by atoms with van der Waals surface area (Å²) < 4.78 is 2.07. The average Bonchev–Trinajstić information content (AvgIpc) is 2.94. The molecule has 0 aliphatic carbocycles. The molecule has 3 aromatic rings. The molecule has 2 N–H and O–H groups in total. The third-order valence-corrected chi connectivity index (χ3v) is 4.74. The Bertz CT molecular complexity index is 954. The first-order chi connectivity index (χ1) is 12.0. The van der Waals surface area contributed by atoms with E-state index < -0.39 is 17.2 Å². The SMILES string of the molecule is CCn1c2ccccc2c2nnc(S[C@@H](C)C(=O)NC(=O)NC)nc21. The number of rotatable bonds is 4. The Hall–Kier alpha value is -2.68. The zero-order chi connectivity index (χ0) is 18.0. The second kappa shape index (κ2) is 7.06. The molecule has 130 valence electrons. The lowest BCUT2D eigenvalue weighted by atomic mass is 10.2. The molecule has 1 atom stereocenters. The smallest absolute Gasteiger partial charge is 0.321 e. The predicted octanol–water partition coefficient (Wildman–Crippen LogP) is 1.94. The highest BCUT2D eigenvalue weighted by molar-refractivity contribution is 8.00. The molecule has 0 bridgehead atoms. The Balaban J connectivity index is 1.92. The average molecular weight is 358 g/mol. The highest BCUT2D eigenvalue weighted by atomic mass is 32.2. The van der Waals surface area contributed by atoms with Crippen molar-refractivity contribution >= 4 is 45.8 Å². The van der Waals surface area contributed by atoms with E-state index in [4.69, 9.17) is 0 Å². The number of fused-ring (bicyclic) bond motifs is 3. The second-order valence-electron chi connectivity index (χ2n) is 5.36. The van der Waals surface area contributed by atoms with E-state index in [2.05, 4.69) is 30.4 Å². The molecular weight excluding hydrogens is 340 g/mol. The molecule has 0 spiro atoms. The lowest BCUT2D eigenvalue weighted by molar-refractivity contribution is -0.119. The van der Waals surface area contributed by atoms with Gasteiger partial charge in [-0.1, -0.05) is 30.0 Å². The van der Waals surface area contributed by atoms with Crippen molar-refractivity contribution in [3.63, 3.8) is 0 Å². The maximum absolute atomic E-state index is 12.0. The fourth-order valence-corrected chi connectivity index (χ4v) is 3.26. The number of imide groups is 1. The number of para-hydroxylation sites is 1. The molecule has 0 unspecified atom stereocenters. The normalized spacial score (nSPS) is 12.3. The van der Waals surface area contributed by atoms with E-state index in [1.165, 1.54) is 7.05 Å². The number of hydrogen-bond donors (Lipinski definition) is 2. The van der Waals surface area contributed by atoms with Crippen LogP contribution in [0, 0.1) is 0 Å². The number of nitrogens with one attached hydrogen (secondary N) is 2. The van der Waals surface area contributed by atoms with Crippen molar-refractivity contribution in [3.8, 4) is 0 Å². The van der Waals surface area contributed by atoms with Crippen molar-refractivity contribution in [1.29, 1.82) is 0 Å². The van der Waals surface area contributed by atoms with Gasteiger partial charge in [0.1, 0.15) is 5.52 Å². The number of urea groups is 1. The molecule has 0 radical (unpaired) electrons. The van der Waals surface area contributed by atoms with Crippen LogP contribution in [0.1, 0.15) is 13.8 Å². The summed E-state index contributed by atoms with van der Waals surface area (Å²) in [6, 6.07) is 7.40. The van der Waals surface area contributed by atoms with Crippen molar-refractivity contribution in [2.75, 3.05) is 7.05 Å². The van der Waals surface area contributed by atoms with Crippen LogP contribution in [0.3, 0.4) is 0 Å². The molecule has 9 heteroatoms. The molecular formula is C16H18N6O2S. The van der Waals surface area contributed by atoms with Crippen LogP contribution in [0.25, 0.3) is 22.1 Å². The molecule has 0 aliphatic rings. The summed E-state index contributed by atoms with van der Waals surface area (Å²) >= 11 is 1.16. The van der Waals surface area contributed by atoms with Gasteiger partial charge in [0.15, 0.2) is 5.65 Å². The van der Waals surface area contributed by atoms with Gasteiger partial charge >= 0.3 is 6.03 Å². The largest absolute Gasteiger partial charge is 0.341 e. The van der Waals surface area contributed by atoms with E-state index in [-0.39, 0.29) is 0 Å². The van der Waals surface area contributed by atoms with Crippen LogP contribution < -0.4 is 10.6 Å². The number of aromatic nitrogens is 4. The summed E-state index contributed by atoms with van der Waals surface area (Å²) in [5, 5.41) is 13.9. The fourth-order valence-electron chi connectivity index (χ4n) is 2.55. The highest BCUT2D eigenvalue weighted by Gasteiger charge is 2.20. The van der Waals surface area contributed by atoms with Crippen LogP contribution in [0.5, 0.6) is 0 Å². The minimum absolute atomic E-state index is 0.393. The van der Waals surface area contributed by atoms with Crippen LogP contribution in [-0.2, 0) is 11.3 Å². The molecule has 0 aliphatic heterocycles. The molecule has 2 aromatic heterocycles. The highest BCUT2D eigenvalue weighted by Crippen LogP contribution is 2.27. The van der Waals surface area contributed by atoms with Crippen molar-refractivity contribution in [2.24, 2.45) is 0 Å². The number of thioether (sulfide) groups is 1. The van der Waals surface area contributed by atoms with Crippen LogP contribution in [0.4, 0.5) is 4.79 Å². The molecule has 0 fully saturated rings. The molecule has 8 nitrogen and oxygen atoms in total. The first-order valence-corrected chi connectivity index (χ1v) is 8.74. The van der Waals surface area contributed by atoms with Crippen LogP contribution in [0.15, 0.2) is 29.4 Å². The van der Waals surface area contributed by atoms with E-state index in [9.17, 15) is 9.59 Å². The number of nitrogens with zero attached hydrogens (tertiary/aromatic N) is 4. The Labute approximate surface area is 148 Å². The zero-order valence-electron chi connectivity index (χ0n) is 14.1. The Morgan fingerprint density at radius 1 is 1.28 bits per heavy atom. The maximum Gasteiger partial charge on any atom is 0.321 e. The van der Waals surface area contributed by atoms with Crippen molar-refractivity contribution in [1.82, 2.24) is 30.4 Å². The van der Waals surface area contributed by atoms with Gasteiger partial charge < -0.3 is 9.88 Å². The van der Waals surface area contributed by atoms with Gasteiger partial charge in [0.2, 0.25) is 11.1 Å². The summed E-state index contributed by atoms with van der Waals surface area (Å²) in [6.45, 7) is 4.48.